The smallest absolute Gasteiger partial charge is 0.316 e. The Labute approximate surface area is 191 Å². The molecule has 31 heavy (non-hydrogen) atoms. The molecule has 0 saturated heterocycles. The number of carbonyl (C=O) groups excluding carboxylic acids is 2. The summed E-state index contributed by atoms with van der Waals surface area (Å²) in [6.45, 7) is 0.184. The molecule has 7 nitrogen and oxygen atoms in total. The number of thiophene rings is 1. The van der Waals surface area contributed by atoms with Crippen molar-refractivity contribution < 1.29 is 18.7 Å². The van der Waals surface area contributed by atoms with Gasteiger partial charge >= 0.3 is 5.97 Å². The third-order valence-corrected chi connectivity index (χ3v) is 6.39. The van der Waals surface area contributed by atoms with Crippen LogP contribution in [0.4, 0.5) is 0 Å². The van der Waals surface area contributed by atoms with Crippen LogP contribution in [-0.2, 0) is 16.1 Å². The van der Waals surface area contributed by atoms with Crippen molar-refractivity contribution in [3.05, 3.63) is 75.6 Å². The highest BCUT2D eigenvalue weighted by Gasteiger charge is 2.19. The number of Topliss-reactive ketones (excluding diaryl/α,β-unsaturated/α-hetero) is 1. The van der Waals surface area contributed by atoms with Gasteiger partial charge in [0.25, 0.3) is 0 Å². The van der Waals surface area contributed by atoms with Gasteiger partial charge in [-0.25, -0.2) is 0 Å². The molecule has 0 aliphatic heterocycles. The monoisotopic (exact) mass is 473 g/mol. The van der Waals surface area contributed by atoms with Crippen LogP contribution in [0.15, 0.2) is 70.4 Å². The number of nitrogens with zero attached hydrogens (tertiary/aromatic N) is 3. The van der Waals surface area contributed by atoms with Gasteiger partial charge in [0.1, 0.15) is 0 Å². The van der Waals surface area contributed by atoms with Crippen LogP contribution in [0.2, 0.25) is 4.34 Å². The van der Waals surface area contributed by atoms with E-state index in [2.05, 4.69) is 10.2 Å². The fraction of sp³-hybridized carbons (Fsp3) is 0.143. The molecule has 0 spiro atoms. The second-order valence-electron chi connectivity index (χ2n) is 6.33. The first-order valence-electron chi connectivity index (χ1n) is 9.18. The second kappa shape index (κ2) is 9.95. The molecule has 0 bridgehead atoms. The normalized spacial score (nSPS) is 10.9. The fourth-order valence-corrected chi connectivity index (χ4v) is 4.44. The van der Waals surface area contributed by atoms with Crippen molar-refractivity contribution in [2.24, 2.45) is 0 Å². The van der Waals surface area contributed by atoms with Gasteiger partial charge in [-0.1, -0.05) is 53.7 Å². The highest BCUT2D eigenvalue weighted by atomic mass is 35.5. The topological polar surface area (TPSA) is 87.2 Å². The van der Waals surface area contributed by atoms with E-state index in [4.69, 9.17) is 20.8 Å². The minimum Gasteiger partial charge on any atom is -0.461 e. The molecule has 0 amide bonds. The molecular formula is C21H16ClN3O4S2. The number of furan rings is 1. The molecule has 0 unspecified atom stereocenters. The number of esters is 1. The van der Waals surface area contributed by atoms with Gasteiger partial charge in [0.2, 0.25) is 11.6 Å². The molecule has 0 N–H and O–H groups in total. The molecule has 4 rings (SSSR count). The Hall–Kier alpha value is -2.88. The Kier molecular flexibility index (Phi) is 6.86. The van der Waals surface area contributed by atoms with E-state index >= 15 is 0 Å². The Balaban J connectivity index is 1.41. The molecular weight excluding hydrogens is 458 g/mol. The van der Waals surface area contributed by atoms with E-state index in [1.165, 1.54) is 11.8 Å². The lowest BCUT2D eigenvalue weighted by Crippen LogP contribution is -2.15. The fourth-order valence-electron chi connectivity index (χ4n) is 2.74. The summed E-state index contributed by atoms with van der Waals surface area (Å²) in [6, 6.07) is 16.7. The van der Waals surface area contributed by atoms with Crippen LogP contribution in [-0.4, -0.2) is 38.9 Å². The van der Waals surface area contributed by atoms with Crippen molar-refractivity contribution in [2.45, 2.75) is 11.7 Å². The van der Waals surface area contributed by atoms with Crippen molar-refractivity contribution in [3.63, 3.8) is 0 Å². The van der Waals surface area contributed by atoms with Gasteiger partial charge in [0.05, 0.1) is 27.8 Å². The van der Waals surface area contributed by atoms with Crippen LogP contribution in [0.3, 0.4) is 0 Å². The molecule has 0 aliphatic rings. The van der Waals surface area contributed by atoms with E-state index in [-0.39, 0.29) is 18.1 Å². The lowest BCUT2D eigenvalue weighted by Gasteiger charge is -2.09. The first kappa shape index (κ1) is 21.4. The highest BCUT2D eigenvalue weighted by Crippen LogP contribution is 2.26. The number of benzene rings is 1. The van der Waals surface area contributed by atoms with Crippen LogP contribution >= 0.6 is 34.7 Å². The number of ketones is 1. The zero-order valence-electron chi connectivity index (χ0n) is 16.1. The first-order valence-corrected chi connectivity index (χ1v) is 11.4. The summed E-state index contributed by atoms with van der Waals surface area (Å²) < 4.78 is 13.0. The van der Waals surface area contributed by atoms with Crippen molar-refractivity contribution in [1.82, 2.24) is 14.8 Å². The van der Waals surface area contributed by atoms with Crippen LogP contribution in [0.25, 0.3) is 11.6 Å². The van der Waals surface area contributed by atoms with Crippen LogP contribution < -0.4 is 0 Å². The summed E-state index contributed by atoms with van der Waals surface area (Å²) in [5, 5.41) is 8.99. The number of hydrogen-bond acceptors (Lipinski definition) is 8. The predicted octanol–water partition coefficient (Wildman–Crippen LogP) is 4.82. The van der Waals surface area contributed by atoms with Crippen molar-refractivity contribution >= 4 is 46.5 Å². The maximum atomic E-state index is 12.2. The summed E-state index contributed by atoms with van der Waals surface area (Å²) in [6.07, 6.45) is 1.57. The molecule has 0 atom stereocenters. The maximum Gasteiger partial charge on any atom is 0.316 e. The third-order valence-electron chi connectivity index (χ3n) is 4.17. The van der Waals surface area contributed by atoms with Crippen molar-refractivity contribution in [2.75, 3.05) is 12.4 Å². The molecule has 1 aromatic carbocycles. The first-order chi connectivity index (χ1) is 15.1. The summed E-state index contributed by atoms with van der Waals surface area (Å²) in [5.74, 6) is 0.328. The largest absolute Gasteiger partial charge is 0.461 e. The molecule has 158 valence electrons. The van der Waals surface area contributed by atoms with E-state index in [1.807, 2.05) is 34.9 Å². The predicted molar refractivity (Wildman–Crippen MR) is 119 cm³/mol. The molecule has 0 fully saturated rings. The molecule has 10 heteroatoms. The van der Waals surface area contributed by atoms with E-state index in [0.717, 1.165) is 16.9 Å². The van der Waals surface area contributed by atoms with Crippen LogP contribution in [0, 0.1) is 0 Å². The maximum absolute atomic E-state index is 12.2. The Morgan fingerprint density at radius 3 is 2.65 bits per heavy atom. The Morgan fingerprint density at radius 2 is 1.94 bits per heavy atom. The molecule has 3 heterocycles. The molecule has 0 saturated carbocycles. The number of ether oxygens (including phenoxy) is 1. The minimum absolute atomic E-state index is 0.0104. The quantitative estimate of drug-likeness (QED) is 0.195. The van der Waals surface area contributed by atoms with Gasteiger partial charge in [-0.05, 0) is 29.8 Å². The number of hydrogen-bond donors (Lipinski definition) is 0. The van der Waals surface area contributed by atoms with Crippen LogP contribution in [0.1, 0.15) is 15.2 Å². The second-order valence-corrected chi connectivity index (χ2v) is 8.99. The molecule has 0 radical (unpaired) electrons. The molecule has 0 aliphatic carbocycles. The summed E-state index contributed by atoms with van der Waals surface area (Å²) in [4.78, 5) is 24.7. The Morgan fingerprint density at radius 1 is 1.10 bits per heavy atom. The van der Waals surface area contributed by atoms with Crippen molar-refractivity contribution in [3.8, 4) is 11.6 Å². The average Bonchev–Trinajstić information content (AvgIpc) is 3.53. The lowest BCUT2D eigenvalue weighted by molar-refractivity contribution is -0.139. The number of thioether (sulfide) groups is 1. The summed E-state index contributed by atoms with van der Waals surface area (Å²) >= 11 is 8.17. The zero-order chi connectivity index (χ0) is 21.6. The van der Waals surface area contributed by atoms with Gasteiger partial charge < -0.3 is 9.15 Å². The number of carbonyl (C=O) groups is 2. The molecule has 3 aromatic heterocycles. The number of halogens is 1. The van der Waals surface area contributed by atoms with E-state index < -0.39 is 5.97 Å². The summed E-state index contributed by atoms with van der Waals surface area (Å²) in [5.41, 5.74) is 1.06. The van der Waals surface area contributed by atoms with Crippen LogP contribution in [0.5, 0.6) is 0 Å². The van der Waals surface area contributed by atoms with Gasteiger partial charge in [-0.15, -0.1) is 21.5 Å². The standard InChI is InChI=1S/C21H16ClN3O4S2/c22-18-9-8-17(31-18)15(26)12-29-19(27)13-30-21-24-23-20(16-7-4-10-28-16)25(21)11-14-5-2-1-3-6-14/h1-10H,11-13H2. The number of aromatic nitrogens is 3. The van der Waals surface area contributed by atoms with Crippen molar-refractivity contribution in [1.29, 1.82) is 0 Å². The summed E-state index contributed by atoms with van der Waals surface area (Å²) in [7, 11) is 0. The van der Waals surface area contributed by atoms with Gasteiger partial charge in [-0.2, -0.15) is 0 Å². The Bertz CT molecular complexity index is 1170. The number of rotatable bonds is 9. The lowest BCUT2D eigenvalue weighted by atomic mass is 10.2. The SMILES string of the molecule is O=C(CSc1nnc(-c2ccco2)n1Cc1ccccc1)OCC(=O)c1ccc(Cl)s1. The average molecular weight is 474 g/mol. The molecule has 4 aromatic rings. The van der Waals surface area contributed by atoms with E-state index in [0.29, 0.717) is 32.5 Å². The van der Waals surface area contributed by atoms with Gasteiger partial charge in [0, 0.05) is 0 Å². The van der Waals surface area contributed by atoms with Gasteiger partial charge in [-0.3, -0.25) is 14.2 Å². The zero-order valence-corrected chi connectivity index (χ0v) is 18.5. The third kappa shape index (κ3) is 5.43. The van der Waals surface area contributed by atoms with E-state index in [9.17, 15) is 9.59 Å². The highest BCUT2D eigenvalue weighted by molar-refractivity contribution is 7.99. The van der Waals surface area contributed by atoms with Gasteiger partial charge in [0.15, 0.2) is 17.5 Å². The van der Waals surface area contributed by atoms with E-state index in [1.54, 1.807) is 30.5 Å². The minimum atomic E-state index is -0.519.